The molecule has 0 aliphatic carbocycles. The summed E-state index contributed by atoms with van der Waals surface area (Å²) in [5, 5.41) is 0. The second-order valence-electron chi connectivity index (χ2n) is 5.01. The first-order valence-corrected chi connectivity index (χ1v) is 14.7. The van der Waals surface area contributed by atoms with E-state index >= 15 is 0 Å². The maximum absolute atomic E-state index is 6.11. The van der Waals surface area contributed by atoms with E-state index in [1.165, 1.54) is 0 Å². The second-order valence-corrected chi connectivity index (χ2v) is 14.0. The molecule has 0 aliphatic heterocycles. The van der Waals surface area contributed by atoms with Gasteiger partial charge in [0.2, 0.25) is 0 Å². The van der Waals surface area contributed by atoms with E-state index in [-0.39, 0.29) is 0 Å². The molecule has 19 heavy (non-hydrogen) atoms. The molecule has 0 aromatic rings. The lowest BCUT2D eigenvalue weighted by Gasteiger charge is -2.27. The van der Waals surface area contributed by atoms with Crippen LogP contribution in [0.1, 0.15) is 20.8 Å². The second kappa shape index (κ2) is 9.22. The summed E-state index contributed by atoms with van der Waals surface area (Å²) in [7, 11) is -5.48. The van der Waals surface area contributed by atoms with Crippen molar-refractivity contribution in [3.8, 4) is 0 Å². The highest BCUT2D eigenvalue weighted by molar-refractivity contribution is 6.83. The largest absolute Gasteiger partial charge is 0.528 e. The predicted octanol–water partition coefficient (Wildman–Crippen LogP) is 2.87. The Morgan fingerprint density at radius 3 is 1.58 bits per heavy atom. The molecule has 0 aromatic carbocycles. The summed E-state index contributed by atoms with van der Waals surface area (Å²) in [5.41, 5.74) is 4.18. The summed E-state index contributed by atoms with van der Waals surface area (Å²) < 4.78 is 23.5. The predicted molar refractivity (Wildman–Crippen MR) is 87.2 cm³/mol. The van der Waals surface area contributed by atoms with Crippen LogP contribution in [0.2, 0.25) is 26.2 Å². The zero-order valence-corrected chi connectivity index (χ0v) is 16.6. The van der Waals surface area contributed by atoms with Gasteiger partial charge in [0.1, 0.15) is 0 Å². The van der Waals surface area contributed by atoms with Crippen LogP contribution >= 0.6 is 0 Å². The molecule has 0 fully saturated rings. The van der Waals surface area contributed by atoms with Crippen LogP contribution in [0.3, 0.4) is 0 Å². The highest BCUT2D eigenvalue weighted by Crippen LogP contribution is 2.16. The molecule has 0 saturated heterocycles. The van der Waals surface area contributed by atoms with Crippen molar-refractivity contribution in [3.63, 3.8) is 0 Å². The van der Waals surface area contributed by atoms with Crippen LogP contribution < -0.4 is 0 Å². The smallest absolute Gasteiger partial charge is 0.455 e. The van der Waals surface area contributed by atoms with Crippen molar-refractivity contribution in [2.75, 3.05) is 19.8 Å². The molecule has 0 amide bonds. The topological polar surface area (TPSA) is 36.9 Å². The van der Waals surface area contributed by atoms with Gasteiger partial charge in [0.15, 0.2) is 17.4 Å². The number of hydrogen-bond acceptors (Lipinski definition) is 4. The summed E-state index contributed by atoms with van der Waals surface area (Å²) in [6.07, 6.45) is 0. The Labute approximate surface area is 122 Å². The quantitative estimate of drug-likeness (QED) is 0.580. The fourth-order valence-corrected chi connectivity index (χ4v) is 11.2. The van der Waals surface area contributed by atoms with Gasteiger partial charge in [0, 0.05) is 19.8 Å². The van der Waals surface area contributed by atoms with Gasteiger partial charge in [-0.1, -0.05) is 5.70 Å². The van der Waals surface area contributed by atoms with Crippen molar-refractivity contribution < 1.29 is 17.4 Å². The van der Waals surface area contributed by atoms with Gasteiger partial charge in [0.05, 0.1) is 0 Å². The van der Waals surface area contributed by atoms with Crippen LogP contribution in [0.4, 0.5) is 0 Å². The molecule has 0 N–H and O–H groups in total. The van der Waals surface area contributed by atoms with E-state index < -0.39 is 26.2 Å². The first-order chi connectivity index (χ1) is 8.81. The van der Waals surface area contributed by atoms with Crippen molar-refractivity contribution in [3.05, 3.63) is 11.4 Å². The monoisotopic (exact) mass is 322 g/mol. The third-order valence-corrected chi connectivity index (χ3v) is 10.5. The molecule has 0 unspecified atom stereocenters. The molecule has 0 aliphatic rings. The Bertz CT molecular complexity index is 253. The van der Waals surface area contributed by atoms with E-state index in [0.29, 0.717) is 19.8 Å². The van der Waals surface area contributed by atoms with Gasteiger partial charge in [0.25, 0.3) is 0 Å². The molecular formula is C12H30O4Si3. The van der Waals surface area contributed by atoms with Gasteiger partial charge in [-0.05, 0) is 52.7 Å². The van der Waals surface area contributed by atoms with Crippen LogP contribution in [0.5, 0.6) is 0 Å². The standard InChI is InChI=1S/C12H30O4Si3/c1-8-13-19(14-9-2,15-10-3)12-11-18(6,7)16-17(4)5/h11-12,17H,8-10H2,1-7H3. The maximum Gasteiger partial charge on any atom is 0.528 e. The normalized spacial score (nSPS) is 13.7. The molecule has 0 atom stereocenters. The van der Waals surface area contributed by atoms with Crippen LogP contribution in [0.25, 0.3) is 0 Å². The van der Waals surface area contributed by atoms with E-state index in [4.69, 9.17) is 17.4 Å². The minimum absolute atomic E-state index is 0.596. The Morgan fingerprint density at radius 1 is 0.842 bits per heavy atom. The van der Waals surface area contributed by atoms with E-state index in [0.717, 1.165) is 0 Å². The Morgan fingerprint density at radius 2 is 1.26 bits per heavy atom. The van der Waals surface area contributed by atoms with Gasteiger partial charge >= 0.3 is 8.80 Å². The average Bonchev–Trinajstić information content (AvgIpc) is 2.26. The zero-order valence-electron chi connectivity index (χ0n) is 13.5. The molecule has 0 aromatic heterocycles. The summed E-state index contributed by atoms with van der Waals surface area (Å²) in [5.74, 6) is 0. The first kappa shape index (κ1) is 19.2. The van der Waals surface area contributed by atoms with Gasteiger partial charge in [-0.15, -0.1) is 0 Å². The molecule has 0 saturated carbocycles. The van der Waals surface area contributed by atoms with Crippen molar-refractivity contribution in [1.29, 1.82) is 0 Å². The Hall–Kier alpha value is 0.231. The van der Waals surface area contributed by atoms with Gasteiger partial charge in [-0.3, -0.25) is 0 Å². The fraction of sp³-hybridized carbons (Fsp3) is 0.833. The number of rotatable bonds is 10. The summed E-state index contributed by atoms with van der Waals surface area (Å²) >= 11 is 0. The zero-order chi connectivity index (χ0) is 14.9. The van der Waals surface area contributed by atoms with Crippen LogP contribution in [0.15, 0.2) is 11.4 Å². The van der Waals surface area contributed by atoms with E-state index in [9.17, 15) is 0 Å². The summed E-state index contributed by atoms with van der Waals surface area (Å²) in [6.45, 7) is 16.5. The van der Waals surface area contributed by atoms with Gasteiger partial charge < -0.3 is 17.4 Å². The SMILES string of the molecule is CCO[Si](C=C[Si](C)(C)O[SiH](C)C)(OCC)OCC. The van der Waals surface area contributed by atoms with Gasteiger partial charge in [-0.2, -0.15) is 0 Å². The lowest BCUT2D eigenvalue weighted by atomic mass is 10.9. The summed E-state index contributed by atoms with van der Waals surface area (Å²) in [4.78, 5) is 0. The molecular weight excluding hydrogens is 292 g/mol. The summed E-state index contributed by atoms with van der Waals surface area (Å²) in [6, 6.07) is 0. The van der Waals surface area contributed by atoms with E-state index in [2.05, 4.69) is 31.9 Å². The van der Waals surface area contributed by atoms with Crippen molar-refractivity contribution in [2.24, 2.45) is 0 Å². The average molecular weight is 323 g/mol. The molecule has 0 spiro atoms. The highest BCUT2D eigenvalue weighted by Gasteiger charge is 2.38. The molecule has 7 heteroatoms. The minimum atomic E-state index is -2.67. The molecule has 0 bridgehead atoms. The van der Waals surface area contributed by atoms with E-state index in [1.54, 1.807) is 0 Å². The first-order valence-electron chi connectivity index (χ1n) is 7.10. The van der Waals surface area contributed by atoms with Crippen LogP contribution in [0, 0.1) is 0 Å². The molecule has 114 valence electrons. The third-order valence-electron chi connectivity index (χ3n) is 2.26. The third kappa shape index (κ3) is 8.18. The minimum Gasteiger partial charge on any atom is -0.455 e. The van der Waals surface area contributed by atoms with Gasteiger partial charge in [-0.25, -0.2) is 0 Å². The molecule has 0 radical (unpaired) electrons. The Kier molecular flexibility index (Phi) is 9.33. The van der Waals surface area contributed by atoms with E-state index in [1.807, 2.05) is 26.5 Å². The lowest BCUT2D eigenvalue weighted by Crippen LogP contribution is -2.45. The van der Waals surface area contributed by atoms with Crippen molar-refractivity contribution >= 4 is 26.2 Å². The molecule has 4 nitrogen and oxygen atoms in total. The molecule has 0 rings (SSSR count). The van der Waals surface area contributed by atoms with Crippen molar-refractivity contribution in [2.45, 2.75) is 47.0 Å². The van der Waals surface area contributed by atoms with Crippen molar-refractivity contribution in [1.82, 2.24) is 0 Å². The maximum atomic E-state index is 6.11. The fourth-order valence-electron chi connectivity index (χ4n) is 1.82. The van der Waals surface area contributed by atoms with Crippen LogP contribution in [-0.4, -0.2) is 46.0 Å². The number of hydrogen-bond donors (Lipinski definition) is 0. The lowest BCUT2D eigenvalue weighted by molar-refractivity contribution is 0.0843. The Balaban J connectivity index is 4.95. The highest BCUT2D eigenvalue weighted by atomic mass is 28.4. The van der Waals surface area contributed by atoms with Crippen LogP contribution in [-0.2, 0) is 17.4 Å². The molecule has 0 heterocycles.